The first-order valence-electron chi connectivity index (χ1n) is 8.87. The molecule has 0 radical (unpaired) electrons. The lowest BCUT2D eigenvalue weighted by Gasteiger charge is -2.16. The summed E-state index contributed by atoms with van der Waals surface area (Å²) in [5.41, 5.74) is 1.63. The predicted molar refractivity (Wildman–Crippen MR) is 103 cm³/mol. The topological polar surface area (TPSA) is 116 Å². The maximum Gasteiger partial charge on any atom is 0.331 e. The number of nitrogens with one attached hydrogen (secondary N) is 1. The van der Waals surface area contributed by atoms with E-state index < -0.39 is 24.5 Å². The largest absolute Gasteiger partial charge is 0.454 e. The van der Waals surface area contributed by atoms with Gasteiger partial charge in [0, 0.05) is 12.0 Å². The number of carbonyl (C=O) groups is 3. The Labute approximate surface area is 166 Å². The highest BCUT2D eigenvalue weighted by Gasteiger charge is 2.25. The molecule has 0 aliphatic heterocycles. The van der Waals surface area contributed by atoms with E-state index in [0.29, 0.717) is 17.7 Å². The summed E-state index contributed by atoms with van der Waals surface area (Å²) >= 11 is 0. The summed E-state index contributed by atoms with van der Waals surface area (Å²) in [4.78, 5) is 36.5. The summed E-state index contributed by atoms with van der Waals surface area (Å²) in [6.45, 7) is 0.907. The van der Waals surface area contributed by atoms with E-state index in [1.165, 1.54) is 17.9 Å². The number of benzene rings is 2. The molecular formula is C20H19N5O4. The van der Waals surface area contributed by atoms with Crippen molar-refractivity contribution in [2.24, 2.45) is 0 Å². The van der Waals surface area contributed by atoms with Gasteiger partial charge in [-0.2, -0.15) is 0 Å². The highest BCUT2D eigenvalue weighted by atomic mass is 16.5. The standard InChI is InChI=1S/C20H19N5O4/c1-14(26)16-9-5-6-10-17(16)22-19(27)12-29-20(28)18(25-13-21-23-24-25)11-15-7-3-2-4-8-15/h2-10,13,18H,11-12H2,1H3,(H,22,27)/t18-/m1/s1. The summed E-state index contributed by atoms with van der Waals surface area (Å²) in [5, 5.41) is 13.5. The SMILES string of the molecule is CC(=O)c1ccccc1NC(=O)COC(=O)[C@@H](Cc1ccccc1)n1cnnn1. The van der Waals surface area contributed by atoms with Crippen LogP contribution in [0.25, 0.3) is 0 Å². The van der Waals surface area contributed by atoms with Gasteiger partial charge in [0.05, 0.1) is 5.69 Å². The number of hydrogen-bond acceptors (Lipinski definition) is 7. The molecule has 0 aliphatic rings. The maximum atomic E-state index is 12.6. The molecular weight excluding hydrogens is 374 g/mol. The Balaban J connectivity index is 1.64. The van der Waals surface area contributed by atoms with Crippen LogP contribution in [0.4, 0.5) is 5.69 Å². The fraction of sp³-hybridized carbons (Fsp3) is 0.200. The Morgan fingerprint density at radius 1 is 1.07 bits per heavy atom. The van der Waals surface area contributed by atoms with Crippen LogP contribution in [-0.2, 0) is 20.7 Å². The Bertz CT molecular complexity index is 989. The fourth-order valence-electron chi connectivity index (χ4n) is 2.75. The molecule has 148 valence electrons. The lowest BCUT2D eigenvalue weighted by atomic mass is 10.1. The van der Waals surface area contributed by atoms with E-state index in [4.69, 9.17) is 4.74 Å². The van der Waals surface area contributed by atoms with E-state index >= 15 is 0 Å². The van der Waals surface area contributed by atoms with Gasteiger partial charge in [0.15, 0.2) is 18.4 Å². The average Bonchev–Trinajstić information content (AvgIpc) is 3.26. The van der Waals surface area contributed by atoms with E-state index in [-0.39, 0.29) is 5.78 Å². The van der Waals surface area contributed by atoms with Gasteiger partial charge in [0.25, 0.3) is 5.91 Å². The van der Waals surface area contributed by atoms with Gasteiger partial charge < -0.3 is 10.1 Å². The molecule has 0 aliphatic carbocycles. The number of ether oxygens (including phenoxy) is 1. The van der Waals surface area contributed by atoms with Crippen molar-refractivity contribution in [2.45, 2.75) is 19.4 Å². The van der Waals surface area contributed by atoms with Crippen LogP contribution in [0.3, 0.4) is 0 Å². The van der Waals surface area contributed by atoms with Crippen molar-refractivity contribution in [1.29, 1.82) is 0 Å². The molecule has 3 rings (SSSR count). The van der Waals surface area contributed by atoms with Gasteiger partial charge in [-0.25, -0.2) is 9.48 Å². The zero-order valence-electron chi connectivity index (χ0n) is 15.7. The number of tetrazole rings is 1. The van der Waals surface area contributed by atoms with E-state index in [1.807, 2.05) is 30.3 Å². The first kappa shape index (κ1) is 19.9. The monoisotopic (exact) mass is 393 g/mol. The number of anilines is 1. The van der Waals surface area contributed by atoms with Gasteiger partial charge in [-0.05, 0) is 35.0 Å². The van der Waals surface area contributed by atoms with Gasteiger partial charge in [-0.3, -0.25) is 9.59 Å². The number of aromatic nitrogens is 4. The Kier molecular flexibility index (Phi) is 6.41. The molecule has 0 unspecified atom stereocenters. The third-order valence-electron chi connectivity index (χ3n) is 4.15. The van der Waals surface area contributed by atoms with Crippen LogP contribution >= 0.6 is 0 Å². The minimum absolute atomic E-state index is 0.181. The van der Waals surface area contributed by atoms with E-state index in [1.54, 1.807) is 24.3 Å². The molecule has 29 heavy (non-hydrogen) atoms. The Morgan fingerprint density at radius 2 is 1.79 bits per heavy atom. The van der Waals surface area contributed by atoms with Gasteiger partial charge in [-0.1, -0.05) is 42.5 Å². The summed E-state index contributed by atoms with van der Waals surface area (Å²) in [5.74, 6) is -1.38. The number of amides is 1. The Morgan fingerprint density at radius 3 is 2.48 bits per heavy atom. The maximum absolute atomic E-state index is 12.6. The third kappa shape index (κ3) is 5.32. The minimum atomic E-state index is -0.815. The van der Waals surface area contributed by atoms with E-state index in [0.717, 1.165) is 5.56 Å². The van der Waals surface area contributed by atoms with Crippen molar-refractivity contribution in [3.05, 3.63) is 72.1 Å². The molecule has 2 aromatic carbocycles. The smallest absolute Gasteiger partial charge is 0.331 e. The second kappa shape index (κ2) is 9.36. The summed E-state index contributed by atoms with van der Waals surface area (Å²) < 4.78 is 6.47. The molecule has 9 nitrogen and oxygen atoms in total. The molecule has 1 amide bonds. The van der Waals surface area contributed by atoms with Crippen LogP contribution < -0.4 is 5.32 Å². The molecule has 1 heterocycles. The molecule has 1 aromatic heterocycles. The number of rotatable bonds is 8. The van der Waals surface area contributed by atoms with Crippen LogP contribution in [0.2, 0.25) is 0 Å². The molecule has 0 bridgehead atoms. The molecule has 0 fully saturated rings. The van der Waals surface area contributed by atoms with Gasteiger partial charge in [-0.15, -0.1) is 5.10 Å². The fourth-order valence-corrected chi connectivity index (χ4v) is 2.75. The van der Waals surface area contributed by atoms with Crippen LogP contribution in [-0.4, -0.2) is 44.5 Å². The van der Waals surface area contributed by atoms with Gasteiger partial charge >= 0.3 is 5.97 Å². The average molecular weight is 393 g/mol. The van der Waals surface area contributed by atoms with Crippen molar-refractivity contribution < 1.29 is 19.1 Å². The molecule has 1 N–H and O–H groups in total. The quantitative estimate of drug-likeness (QED) is 0.458. The number of Topliss-reactive ketones (excluding diaryl/α,β-unsaturated/α-hetero) is 1. The predicted octanol–water partition coefficient (Wildman–Crippen LogP) is 1.84. The molecule has 0 saturated heterocycles. The number of nitrogens with zero attached hydrogens (tertiary/aromatic N) is 4. The van der Waals surface area contributed by atoms with Crippen LogP contribution in [0.1, 0.15) is 28.9 Å². The van der Waals surface area contributed by atoms with Crippen LogP contribution in [0.15, 0.2) is 60.9 Å². The first-order chi connectivity index (χ1) is 14.0. The summed E-state index contributed by atoms with van der Waals surface area (Å²) in [7, 11) is 0. The second-order valence-electron chi connectivity index (χ2n) is 6.25. The Hall–Kier alpha value is -3.88. The van der Waals surface area contributed by atoms with Crippen molar-refractivity contribution >= 4 is 23.3 Å². The molecule has 1 atom stereocenters. The highest BCUT2D eigenvalue weighted by molar-refractivity contribution is 6.04. The van der Waals surface area contributed by atoms with Crippen molar-refractivity contribution in [3.8, 4) is 0 Å². The number of carbonyl (C=O) groups excluding carboxylic acids is 3. The van der Waals surface area contributed by atoms with Crippen LogP contribution in [0, 0.1) is 0 Å². The third-order valence-corrected chi connectivity index (χ3v) is 4.15. The normalized spacial score (nSPS) is 11.5. The van der Waals surface area contributed by atoms with Crippen molar-refractivity contribution in [1.82, 2.24) is 20.2 Å². The summed E-state index contributed by atoms with van der Waals surface area (Å²) in [6, 6.07) is 15.1. The van der Waals surface area contributed by atoms with Gasteiger partial charge in [0.2, 0.25) is 0 Å². The van der Waals surface area contributed by atoms with E-state index in [2.05, 4.69) is 20.8 Å². The molecule has 9 heteroatoms. The lowest BCUT2D eigenvalue weighted by Crippen LogP contribution is -2.28. The highest BCUT2D eigenvalue weighted by Crippen LogP contribution is 2.17. The van der Waals surface area contributed by atoms with Crippen molar-refractivity contribution in [3.63, 3.8) is 0 Å². The first-order valence-corrected chi connectivity index (χ1v) is 8.87. The minimum Gasteiger partial charge on any atom is -0.454 e. The lowest BCUT2D eigenvalue weighted by molar-refractivity contribution is -0.151. The number of hydrogen-bond donors (Lipinski definition) is 1. The van der Waals surface area contributed by atoms with Gasteiger partial charge in [0.1, 0.15) is 6.33 Å². The van der Waals surface area contributed by atoms with E-state index in [9.17, 15) is 14.4 Å². The number of esters is 1. The van der Waals surface area contributed by atoms with Crippen molar-refractivity contribution in [2.75, 3.05) is 11.9 Å². The zero-order valence-corrected chi connectivity index (χ0v) is 15.7. The molecule has 3 aromatic rings. The molecule has 0 saturated carbocycles. The number of ketones is 1. The summed E-state index contributed by atoms with van der Waals surface area (Å²) in [6.07, 6.45) is 1.62. The zero-order chi connectivity index (χ0) is 20.6. The van der Waals surface area contributed by atoms with Crippen LogP contribution in [0.5, 0.6) is 0 Å². The number of para-hydroxylation sites is 1. The second-order valence-corrected chi connectivity index (χ2v) is 6.25. The molecule has 0 spiro atoms.